The summed E-state index contributed by atoms with van der Waals surface area (Å²) in [5.74, 6) is -0.548. The van der Waals surface area contributed by atoms with Crippen LogP contribution in [0.3, 0.4) is 0 Å². The Kier molecular flexibility index (Phi) is 5.19. The fourth-order valence-electron chi connectivity index (χ4n) is 2.69. The first kappa shape index (κ1) is 17.9. The van der Waals surface area contributed by atoms with Gasteiger partial charge in [0.2, 0.25) is 11.8 Å². The number of anilines is 2. The number of carbonyl (C=O) groups excluding carboxylic acids is 2. The summed E-state index contributed by atoms with van der Waals surface area (Å²) in [7, 11) is 0. The zero-order valence-corrected chi connectivity index (χ0v) is 15.2. The van der Waals surface area contributed by atoms with Crippen LogP contribution in [0.1, 0.15) is 12.5 Å². The molecule has 0 unspecified atom stereocenters. The summed E-state index contributed by atoms with van der Waals surface area (Å²) in [6, 6.07) is 14.6. The van der Waals surface area contributed by atoms with Gasteiger partial charge in [-0.2, -0.15) is 0 Å². The number of pyridine rings is 1. The van der Waals surface area contributed by atoms with Crippen molar-refractivity contribution in [2.24, 2.45) is 0 Å². The molecule has 0 bridgehead atoms. The van der Waals surface area contributed by atoms with Gasteiger partial charge in [0.1, 0.15) is 6.54 Å². The highest BCUT2D eigenvalue weighted by atomic mass is 35.5. The molecule has 6 heteroatoms. The van der Waals surface area contributed by atoms with E-state index in [0.29, 0.717) is 21.9 Å². The molecule has 26 heavy (non-hydrogen) atoms. The molecule has 1 N–H and O–H groups in total. The van der Waals surface area contributed by atoms with Crippen molar-refractivity contribution in [3.63, 3.8) is 0 Å². The lowest BCUT2D eigenvalue weighted by atomic mass is 10.1. The first-order valence-electron chi connectivity index (χ1n) is 8.13. The number of carbonyl (C=O) groups is 2. The number of benzene rings is 2. The summed E-state index contributed by atoms with van der Waals surface area (Å²) in [6.07, 6.45) is 1.67. The van der Waals surface area contributed by atoms with E-state index in [0.717, 1.165) is 10.9 Å². The molecule has 0 aliphatic carbocycles. The van der Waals surface area contributed by atoms with Crippen molar-refractivity contribution in [2.45, 2.75) is 13.8 Å². The molecule has 0 radical (unpaired) electrons. The Bertz CT molecular complexity index is 982. The van der Waals surface area contributed by atoms with Gasteiger partial charge in [0.25, 0.3) is 0 Å². The monoisotopic (exact) mass is 367 g/mol. The molecular formula is C20H18ClN3O2. The first-order chi connectivity index (χ1) is 12.5. The Balaban J connectivity index is 1.85. The van der Waals surface area contributed by atoms with Crippen LogP contribution in [-0.4, -0.2) is 23.3 Å². The second-order valence-corrected chi connectivity index (χ2v) is 6.38. The van der Waals surface area contributed by atoms with E-state index in [9.17, 15) is 9.59 Å². The van der Waals surface area contributed by atoms with E-state index >= 15 is 0 Å². The maximum atomic E-state index is 12.5. The van der Waals surface area contributed by atoms with E-state index in [1.165, 1.54) is 11.8 Å². The van der Waals surface area contributed by atoms with Gasteiger partial charge in [-0.15, -0.1) is 0 Å². The van der Waals surface area contributed by atoms with Crippen LogP contribution in [0.5, 0.6) is 0 Å². The van der Waals surface area contributed by atoms with Crippen LogP contribution in [0.2, 0.25) is 5.02 Å². The third-order valence-electron chi connectivity index (χ3n) is 4.04. The SMILES string of the molecule is CC(=O)N(CC(=O)Nc1ccc(C)c(Cl)c1)c1cccc2cccnc12. The molecule has 3 rings (SSSR count). The molecule has 0 fully saturated rings. The van der Waals surface area contributed by atoms with Crippen LogP contribution in [0.4, 0.5) is 11.4 Å². The molecule has 1 aromatic heterocycles. The number of halogens is 1. The molecule has 2 amide bonds. The van der Waals surface area contributed by atoms with E-state index < -0.39 is 0 Å². The number of rotatable bonds is 4. The summed E-state index contributed by atoms with van der Waals surface area (Å²) < 4.78 is 0. The molecule has 132 valence electrons. The number of hydrogen-bond donors (Lipinski definition) is 1. The van der Waals surface area contributed by atoms with Gasteiger partial charge in [-0.3, -0.25) is 14.6 Å². The maximum absolute atomic E-state index is 12.5. The normalized spacial score (nSPS) is 10.6. The lowest BCUT2D eigenvalue weighted by Crippen LogP contribution is -2.36. The lowest BCUT2D eigenvalue weighted by molar-refractivity contribution is -0.120. The summed E-state index contributed by atoms with van der Waals surface area (Å²) in [5, 5.41) is 4.25. The summed E-state index contributed by atoms with van der Waals surface area (Å²) >= 11 is 6.09. The maximum Gasteiger partial charge on any atom is 0.244 e. The van der Waals surface area contributed by atoms with Crippen LogP contribution >= 0.6 is 11.6 Å². The second kappa shape index (κ2) is 7.54. The molecule has 0 aliphatic rings. The molecular weight excluding hydrogens is 350 g/mol. The number of fused-ring (bicyclic) bond motifs is 1. The van der Waals surface area contributed by atoms with Crippen molar-refractivity contribution in [1.29, 1.82) is 0 Å². The van der Waals surface area contributed by atoms with E-state index in [1.807, 2.05) is 37.3 Å². The van der Waals surface area contributed by atoms with Gasteiger partial charge in [-0.1, -0.05) is 35.9 Å². The molecule has 0 aliphatic heterocycles. The predicted octanol–water partition coefficient (Wildman–Crippen LogP) is 4.19. The smallest absolute Gasteiger partial charge is 0.244 e. The summed E-state index contributed by atoms with van der Waals surface area (Å²) in [5.41, 5.74) is 2.80. The van der Waals surface area contributed by atoms with Gasteiger partial charge in [0, 0.05) is 29.2 Å². The summed E-state index contributed by atoms with van der Waals surface area (Å²) in [4.78, 5) is 30.4. The van der Waals surface area contributed by atoms with Crippen molar-refractivity contribution in [2.75, 3.05) is 16.8 Å². The van der Waals surface area contributed by atoms with Crippen LogP contribution in [0, 0.1) is 6.92 Å². The zero-order chi connectivity index (χ0) is 18.7. The van der Waals surface area contributed by atoms with Crippen molar-refractivity contribution in [3.8, 4) is 0 Å². The van der Waals surface area contributed by atoms with Crippen LogP contribution < -0.4 is 10.2 Å². The number of nitrogens with zero attached hydrogens (tertiary/aromatic N) is 2. The van der Waals surface area contributed by atoms with Gasteiger partial charge < -0.3 is 10.2 Å². The second-order valence-electron chi connectivity index (χ2n) is 5.97. The van der Waals surface area contributed by atoms with Crippen LogP contribution in [-0.2, 0) is 9.59 Å². The molecule has 0 saturated carbocycles. The average molecular weight is 368 g/mol. The Morgan fingerprint density at radius 3 is 2.65 bits per heavy atom. The first-order valence-corrected chi connectivity index (χ1v) is 8.51. The Morgan fingerprint density at radius 2 is 1.92 bits per heavy atom. The van der Waals surface area contributed by atoms with Gasteiger partial charge in [-0.05, 0) is 36.8 Å². The van der Waals surface area contributed by atoms with Crippen molar-refractivity contribution in [1.82, 2.24) is 4.98 Å². The third-order valence-corrected chi connectivity index (χ3v) is 4.45. The van der Waals surface area contributed by atoms with Gasteiger partial charge in [0.05, 0.1) is 11.2 Å². The lowest BCUT2D eigenvalue weighted by Gasteiger charge is -2.22. The fraction of sp³-hybridized carbons (Fsp3) is 0.150. The van der Waals surface area contributed by atoms with Crippen LogP contribution in [0.25, 0.3) is 10.9 Å². The zero-order valence-electron chi connectivity index (χ0n) is 14.5. The van der Waals surface area contributed by atoms with Crippen LogP contribution in [0.15, 0.2) is 54.7 Å². The molecule has 0 saturated heterocycles. The topological polar surface area (TPSA) is 62.3 Å². The van der Waals surface area contributed by atoms with Crippen molar-refractivity contribution < 1.29 is 9.59 Å². The number of aryl methyl sites for hydroxylation is 1. The number of nitrogens with one attached hydrogen (secondary N) is 1. The minimum absolute atomic E-state index is 0.115. The minimum atomic E-state index is -0.312. The molecule has 3 aromatic rings. The van der Waals surface area contributed by atoms with E-state index in [2.05, 4.69) is 10.3 Å². The van der Waals surface area contributed by atoms with Gasteiger partial charge >= 0.3 is 0 Å². The fourth-order valence-corrected chi connectivity index (χ4v) is 2.87. The molecule has 2 aromatic carbocycles. The largest absolute Gasteiger partial charge is 0.324 e. The number of aromatic nitrogens is 1. The predicted molar refractivity (Wildman–Crippen MR) is 105 cm³/mol. The molecule has 0 atom stereocenters. The Morgan fingerprint density at radius 1 is 1.15 bits per heavy atom. The minimum Gasteiger partial charge on any atom is -0.324 e. The van der Waals surface area contributed by atoms with Crippen molar-refractivity contribution in [3.05, 3.63) is 65.3 Å². The van der Waals surface area contributed by atoms with E-state index in [4.69, 9.17) is 11.6 Å². The highest BCUT2D eigenvalue weighted by molar-refractivity contribution is 6.31. The molecule has 5 nitrogen and oxygen atoms in total. The number of para-hydroxylation sites is 1. The Labute approximate surface area is 156 Å². The molecule has 1 heterocycles. The summed E-state index contributed by atoms with van der Waals surface area (Å²) in [6.45, 7) is 3.20. The van der Waals surface area contributed by atoms with E-state index in [1.54, 1.807) is 24.4 Å². The number of amides is 2. The highest BCUT2D eigenvalue weighted by Gasteiger charge is 2.18. The van der Waals surface area contributed by atoms with Gasteiger partial charge in [0.15, 0.2) is 0 Å². The Hall–Kier alpha value is -2.92. The van der Waals surface area contributed by atoms with Gasteiger partial charge in [-0.25, -0.2) is 0 Å². The quantitative estimate of drug-likeness (QED) is 0.752. The standard InChI is InChI=1S/C20H18ClN3O2/c1-13-8-9-16(11-17(13)21)23-19(26)12-24(14(2)25)18-7-3-5-15-6-4-10-22-20(15)18/h3-11H,12H2,1-2H3,(H,23,26). The van der Waals surface area contributed by atoms with Crippen molar-refractivity contribution >= 4 is 45.7 Å². The average Bonchev–Trinajstić information content (AvgIpc) is 2.62. The third kappa shape index (κ3) is 3.83. The highest BCUT2D eigenvalue weighted by Crippen LogP contribution is 2.25. The number of hydrogen-bond acceptors (Lipinski definition) is 3. The molecule has 0 spiro atoms. The van der Waals surface area contributed by atoms with E-state index in [-0.39, 0.29) is 18.4 Å².